The minimum absolute atomic E-state index is 0.259. The van der Waals surface area contributed by atoms with Crippen molar-refractivity contribution in [3.8, 4) is 0 Å². The van der Waals surface area contributed by atoms with Crippen molar-refractivity contribution < 1.29 is 13.2 Å². The molecule has 1 aromatic carbocycles. The highest BCUT2D eigenvalue weighted by atomic mass is 32.2. The number of aromatic nitrogens is 1. The van der Waals surface area contributed by atoms with Gasteiger partial charge in [0, 0.05) is 12.2 Å². The maximum atomic E-state index is 12.8. The molecule has 1 saturated heterocycles. The molecular weight excluding hydrogens is 408 g/mol. The van der Waals surface area contributed by atoms with Crippen LogP contribution in [-0.2, 0) is 14.8 Å². The zero-order valence-corrected chi connectivity index (χ0v) is 17.1. The molecule has 1 amide bonds. The predicted molar refractivity (Wildman–Crippen MR) is 114 cm³/mol. The average molecular weight is 429 g/mol. The summed E-state index contributed by atoms with van der Waals surface area (Å²) in [5.74, 6) is 0.310. The molecule has 0 spiro atoms. The molecule has 9 heteroatoms. The van der Waals surface area contributed by atoms with E-state index in [0.717, 1.165) is 17.0 Å². The number of nitrogens with one attached hydrogen (secondary N) is 2. The highest BCUT2D eigenvalue weighted by Gasteiger charge is 2.39. The predicted octanol–water partition coefficient (Wildman–Crippen LogP) is 3.68. The minimum Gasteiger partial charge on any atom is -0.340 e. The first-order valence-electron chi connectivity index (χ1n) is 9.18. The van der Waals surface area contributed by atoms with Crippen molar-refractivity contribution in [3.63, 3.8) is 0 Å². The summed E-state index contributed by atoms with van der Waals surface area (Å²) in [4.78, 5) is 17.1. The van der Waals surface area contributed by atoms with Gasteiger partial charge >= 0.3 is 0 Å². The van der Waals surface area contributed by atoms with Gasteiger partial charge in [-0.25, -0.2) is 13.4 Å². The van der Waals surface area contributed by atoms with Gasteiger partial charge in [-0.05, 0) is 48.6 Å². The number of pyridine rings is 1. The first kappa shape index (κ1) is 19.6. The number of hydrogen-bond donors (Lipinski definition) is 2. The second-order valence-corrected chi connectivity index (χ2v) is 9.68. The largest absolute Gasteiger partial charge is 0.340 e. The van der Waals surface area contributed by atoms with Crippen LogP contribution in [0.1, 0.15) is 12.8 Å². The van der Waals surface area contributed by atoms with Crippen molar-refractivity contribution in [2.24, 2.45) is 0 Å². The Morgan fingerprint density at radius 2 is 1.90 bits per heavy atom. The first-order valence-corrected chi connectivity index (χ1v) is 11.5. The van der Waals surface area contributed by atoms with E-state index in [1.54, 1.807) is 35.8 Å². The van der Waals surface area contributed by atoms with Crippen LogP contribution in [0, 0.1) is 0 Å². The molecule has 0 saturated carbocycles. The quantitative estimate of drug-likeness (QED) is 0.625. The molecule has 2 aromatic heterocycles. The number of anilines is 3. The van der Waals surface area contributed by atoms with E-state index in [1.165, 1.54) is 4.31 Å². The summed E-state index contributed by atoms with van der Waals surface area (Å²) in [5, 5.41) is 7.68. The number of carbonyl (C=O) groups excluding carboxylic acids is 1. The van der Waals surface area contributed by atoms with Gasteiger partial charge in [0.25, 0.3) is 10.0 Å². The molecule has 3 heterocycles. The zero-order valence-electron chi connectivity index (χ0n) is 15.5. The third-order valence-corrected chi connectivity index (χ3v) is 7.92. The number of sulfonamides is 1. The molecule has 3 aromatic rings. The van der Waals surface area contributed by atoms with Crippen molar-refractivity contribution in [2.45, 2.75) is 23.1 Å². The smallest absolute Gasteiger partial charge is 0.253 e. The van der Waals surface area contributed by atoms with Crippen molar-refractivity contribution in [3.05, 3.63) is 66.2 Å². The Morgan fingerprint density at radius 3 is 2.59 bits per heavy atom. The minimum atomic E-state index is -3.66. The summed E-state index contributed by atoms with van der Waals surface area (Å²) in [7, 11) is -3.66. The Kier molecular flexibility index (Phi) is 5.61. The zero-order chi connectivity index (χ0) is 20.3. The van der Waals surface area contributed by atoms with E-state index >= 15 is 0 Å². The lowest BCUT2D eigenvalue weighted by molar-refractivity contribution is -0.119. The van der Waals surface area contributed by atoms with Crippen LogP contribution in [0.3, 0.4) is 0 Å². The van der Waals surface area contributed by atoms with Crippen LogP contribution in [0.4, 0.5) is 17.2 Å². The maximum absolute atomic E-state index is 12.8. The standard InChI is InChI=1S/C20H20N4O3S2/c25-20(17-8-4-12-24(17)29(26,27)19-9-5-13-28-19)23-16-10-11-18(21-14-16)22-15-6-2-1-3-7-15/h1-3,5-7,9-11,13-14,17H,4,8,12H2,(H,21,22)(H,23,25). The first-order chi connectivity index (χ1) is 14.0. The van der Waals surface area contributed by atoms with Gasteiger partial charge in [0.1, 0.15) is 16.1 Å². The Balaban J connectivity index is 1.43. The van der Waals surface area contributed by atoms with Gasteiger partial charge in [-0.15, -0.1) is 11.3 Å². The molecule has 4 rings (SSSR count). The number of benzene rings is 1. The fraction of sp³-hybridized carbons (Fsp3) is 0.200. The van der Waals surface area contributed by atoms with Crippen LogP contribution in [0.5, 0.6) is 0 Å². The van der Waals surface area contributed by atoms with E-state index in [2.05, 4.69) is 15.6 Å². The number of nitrogens with zero attached hydrogens (tertiary/aromatic N) is 2. The van der Waals surface area contributed by atoms with Gasteiger partial charge in [-0.1, -0.05) is 24.3 Å². The van der Waals surface area contributed by atoms with E-state index in [-0.39, 0.29) is 10.1 Å². The summed E-state index contributed by atoms with van der Waals surface area (Å²) in [6.45, 7) is 0.344. The van der Waals surface area contributed by atoms with Gasteiger partial charge in [-0.3, -0.25) is 4.79 Å². The van der Waals surface area contributed by atoms with Crippen LogP contribution in [0.15, 0.2) is 70.4 Å². The van der Waals surface area contributed by atoms with E-state index in [1.807, 2.05) is 30.3 Å². The molecule has 1 atom stereocenters. The summed E-state index contributed by atoms with van der Waals surface area (Å²) >= 11 is 1.16. The molecule has 1 aliphatic rings. The molecule has 29 heavy (non-hydrogen) atoms. The summed E-state index contributed by atoms with van der Waals surface area (Å²) in [5.41, 5.74) is 1.44. The maximum Gasteiger partial charge on any atom is 0.253 e. The number of carbonyl (C=O) groups is 1. The van der Waals surface area contributed by atoms with Gasteiger partial charge in [0.2, 0.25) is 5.91 Å². The van der Waals surface area contributed by atoms with Gasteiger partial charge in [0.05, 0.1) is 11.9 Å². The summed E-state index contributed by atoms with van der Waals surface area (Å²) in [6, 6.07) is 15.7. The van der Waals surface area contributed by atoms with E-state index in [9.17, 15) is 13.2 Å². The van der Waals surface area contributed by atoms with Crippen molar-refractivity contribution >= 4 is 44.5 Å². The normalized spacial score (nSPS) is 17.2. The van der Waals surface area contributed by atoms with Crippen molar-refractivity contribution in [1.29, 1.82) is 0 Å². The second-order valence-electron chi connectivity index (χ2n) is 6.62. The Bertz CT molecular complexity index is 1070. The highest BCUT2D eigenvalue weighted by molar-refractivity contribution is 7.91. The van der Waals surface area contributed by atoms with Crippen LogP contribution in [0.2, 0.25) is 0 Å². The van der Waals surface area contributed by atoms with Crippen molar-refractivity contribution in [1.82, 2.24) is 9.29 Å². The molecule has 1 aliphatic heterocycles. The molecule has 7 nitrogen and oxygen atoms in total. The van der Waals surface area contributed by atoms with E-state index in [4.69, 9.17) is 0 Å². The number of hydrogen-bond acceptors (Lipinski definition) is 6. The monoisotopic (exact) mass is 428 g/mol. The van der Waals surface area contributed by atoms with Crippen LogP contribution >= 0.6 is 11.3 Å². The van der Waals surface area contributed by atoms with E-state index in [0.29, 0.717) is 30.9 Å². The second kappa shape index (κ2) is 8.32. The number of para-hydroxylation sites is 1. The summed E-state index contributed by atoms with van der Waals surface area (Å²) < 4.78 is 27.2. The van der Waals surface area contributed by atoms with Crippen LogP contribution in [-0.4, -0.2) is 36.2 Å². The molecule has 2 N–H and O–H groups in total. The molecule has 0 aliphatic carbocycles. The van der Waals surface area contributed by atoms with Gasteiger partial charge in [0.15, 0.2) is 0 Å². The average Bonchev–Trinajstić information content (AvgIpc) is 3.43. The highest BCUT2D eigenvalue weighted by Crippen LogP contribution is 2.29. The fourth-order valence-electron chi connectivity index (χ4n) is 3.25. The van der Waals surface area contributed by atoms with Crippen molar-refractivity contribution in [2.75, 3.05) is 17.2 Å². The van der Waals surface area contributed by atoms with Gasteiger partial charge in [-0.2, -0.15) is 4.31 Å². The Morgan fingerprint density at radius 1 is 1.07 bits per heavy atom. The Labute approximate surface area is 173 Å². The lowest BCUT2D eigenvalue weighted by Gasteiger charge is -2.22. The molecular formula is C20H20N4O3S2. The van der Waals surface area contributed by atoms with Crippen LogP contribution in [0.25, 0.3) is 0 Å². The molecule has 1 fully saturated rings. The third kappa shape index (κ3) is 4.31. The number of thiophene rings is 1. The molecule has 150 valence electrons. The van der Waals surface area contributed by atoms with Gasteiger partial charge < -0.3 is 10.6 Å². The van der Waals surface area contributed by atoms with E-state index < -0.39 is 16.1 Å². The number of rotatable bonds is 6. The SMILES string of the molecule is O=C(Nc1ccc(Nc2ccccc2)nc1)C1CCCN1S(=O)(=O)c1cccs1. The lowest BCUT2D eigenvalue weighted by Crippen LogP contribution is -2.42. The Hall–Kier alpha value is -2.75. The fourth-order valence-corrected chi connectivity index (χ4v) is 6.03. The molecule has 1 unspecified atom stereocenters. The lowest BCUT2D eigenvalue weighted by atomic mass is 10.2. The number of amides is 1. The molecule has 0 radical (unpaired) electrons. The topological polar surface area (TPSA) is 91.4 Å². The molecule has 0 bridgehead atoms. The van der Waals surface area contributed by atoms with Crippen LogP contribution < -0.4 is 10.6 Å². The summed E-state index contributed by atoms with van der Waals surface area (Å²) in [6.07, 6.45) is 2.70. The third-order valence-electron chi connectivity index (χ3n) is 4.64.